The highest BCUT2D eigenvalue weighted by Crippen LogP contribution is 2.22. The van der Waals surface area contributed by atoms with Gasteiger partial charge in [-0.05, 0) is 19.1 Å². The van der Waals surface area contributed by atoms with Crippen molar-refractivity contribution in [3.05, 3.63) is 47.9 Å². The molecule has 78 valence electrons. The average Bonchev–Trinajstić information content (AvgIpc) is 2.64. The van der Waals surface area contributed by atoms with Crippen molar-refractivity contribution in [1.29, 1.82) is 0 Å². The summed E-state index contributed by atoms with van der Waals surface area (Å²) >= 11 is 0. The topological polar surface area (TPSA) is 43.8 Å². The molecule has 15 heavy (non-hydrogen) atoms. The minimum atomic E-state index is -0.236. The summed E-state index contributed by atoms with van der Waals surface area (Å²) < 4.78 is 15.1. The van der Waals surface area contributed by atoms with Crippen molar-refractivity contribution in [3.8, 4) is 0 Å². The second-order valence-electron chi connectivity index (χ2n) is 3.40. The van der Waals surface area contributed by atoms with E-state index in [2.05, 4.69) is 5.10 Å². The van der Waals surface area contributed by atoms with Gasteiger partial charge in [-0.15, -0.1) is 0 Å². The standard InChI is InChI=1S/C11H12FN3/c1-8(15-11(13)6-7-14-15)9-4-2-3-5-10(9)12/h2-8H,13H2,1H3. The van der Waals surface area contributed by atoms with Crippen LogP contribution in [0.4, 0.5) is 10.2 Å². The van der Waals surface area contributed by atoms with Gasteiger partial charge in [0, 0.05) is 5.56 Å². The lowest BCUT2D eigenvalue weighted by molar-refractivity contribution is 0.526. The van der Waals surface area contributed by atoms with E-state index >= 15 is 0 Å². The van der Waals surface area contributed by atoms with Gasteiger partial charge in [-0.3, -0.25) is 0 Å². The SMILES string of the molecule is CC(c1ccccc1F)n1nccc1N. The Morgan fingerprint density at radius 2 is 2.07 bits per heavy atom. The van der Waals surface area contributed by atoms with Gasteiger partial charge in [0.1, 0.15) is 11.6 Å². The maximum atomic E-state index is 13.5. The number of hydrogen-bond acceptors (Lipinski definition) is 2. The fraction of sp³-hybridized carbons (Fsp3) is 0.182. The van der Waals surface area contributed by atoms with E-state index in [-0.39, 0.29) is 11.9 Å². The Labute approximate surface area is 87.3 Å². The second-order valence-corrected chi connectivity index (χ2v) is 3.40. The van der Waals surface area contributed by atoms with Crippen LogP contribution < -0.4 is 5.73 Å². The molecular formula is C11H12FN3. The molecule has 2 aromatic rings. The Balaban J connectivity index is 2.41. The lowest BCUT2D eigenvalue weighted by atomic mass is 10.1. The molecule has 0 bridgehead atoms. The van der Waals surface area contributed by atoms with Crippen LogP contribution in [0.25, 0.3) is 0 Å². The minimum absolute atomic E-state index is 0.193. The summed E-state index contributed by atoms with van der Waals surface area (Å²) in [5, 5.41) is 4.06. The smallest absolute Gasteiger partial charge is 0.128 e. The Hall–Kier alpha value is -1.84. The van der Waals surface area contributed by atoms with E-state index in [0.717, 1.165) is 0 Å². The zero-order chi connectivity index (χ0) is 10.8. The van der Waals surface area contributed by atoms with Gasteiger partial charge in [-0.25, -0.2) is 9.07 Å². The van der Waals surface area contributed by atoms with Crippen molar-refractivity contribution in [1.82, 2.24) is 9.78 Å². The first-order valence-electron chi connectivity index (χ1n) is 4.73. The maximum Gasteiger partial charge on any atom is 0.128 e. The highest BCUT2D eigenvalue weighted by molar-refractivity contribution is 5.30. The van der Waals surface area contributed by atoms with Gasteiger partial charge in [0.05, 0.1) is 12.2 Å². The first kappa shape index (κ1) is 9.71. The van der Waals surface area contributed by atoms with Gasteiger partial charge < -0.3 is 5.73 Å². The van der Waals surface area contributed by atoms with E-state index in [9.17, 15) is 4.39 Å². The van der Waals surface area contributed by atoms with Crippen molar-refractivity contribution >= 4 is 5.82 Å². The summed E-state index contributed by atoms with van der Waals surface area (Å²) in [6.45, 7) is 1.86. The Kier molecular flexibility index (Phi) is 2.41. The molecule has 0 aliphatic heterocycles. The maximum absolute atomic E-state index is 13.5. The van der Waals surface area contributed by atoms with Gasteiger partial charge in [0.25, 0.3) is 0 Å². The Morgan fingerprint density at radius 3 is 2.67 bits per heavy atom. The summed E-state index contributed by atoms with van der Waals surface area (Å²) in [5.74, 6) is 0.297. The second kappa shape index (κ2) is 3.73. The van der Waals surface area contributed by atoms with Crippen LogP contribution in [0.1, 0.15) is 18.5 Å². The van der Waals surface area contributed by atoms with Crippen molar-refractivity contribution < 1.29 is 4.39 Å². The van der Waals surface area contributed by atoms with Crippen LogP contribution in [0.5, 0.6) is 0 Å². The van der Waals surface area contributed by atoms with E-state index in [1.807, 2.05) is 6.92 Å². The molecule has 0 amide bonds. The van der Waals surface area contributed by atoms with E-state index in [0.29, 0.717) is 11.4 Å². The minimum Gasteiger partial charge on any atom is -0.384 e. The zero-order valence-electron chi connectivity index (χ0n) is 8.39. The molecule has 3 nitrogen and oxygen atoms in total. The van der Waals surface area contributed by atoms with Gasteiger partial charge >= 0.3 is 0 Å². The predicted molar refractivity (Wildman–Crippen MR) is 56.9 cm³/mol. The van der Waals surface area contributed by atoms with Crippen LogP contribution in [0.15, 0.2) is 36.5 Å². The first-order valence-corrected chi connectivity index (χ1v) is 4.73. The van der Waals surface area contributed by atoms with Gasteiger partial charge in [-0.1, -0.05) is 18.2 Å². The van der Waals surface area contributed by atoms with E-state index in [1.165, 1.54) is 6.07 Å². The molecule has 0 radical (unpaired) electrons. The van der Waals surface area contributed by atoms with Gasteiger partial charge in [-0.2, -0.15) is 5.10 Å². The van der Waals surface area contributed by atoms with Crippen LogP contribution in [-0.4, -0.2) is 9.78 Å². The molecule has 1 unspecified atom stereocenters. The van der Waals surface area contributed by atoms with Gasteiger partial charge in [0.15, 0.2) is 0 Å². The van der Waals surface area contributed by atoms with Crippen LogP contribution in [0.2, 0.25) is 0 Å². The molecule has 0 saturated heterocycles. The quantitative estimate of drug-likeness (QED) is 0.816. The van der Waals surface area contributed by atoms with Crippen molar-refractivity contribution in [3.63, 3.8) is 0 Å². The van der Waals surface area contributed by atoms with Crippen molar-refractivity contribution in [2.24, 2.45) is 0 Å². The van der Waals surface area contributed by atoms with Crippen molar-refractivity contribution in [2.45, 2.75) is 13.0 Å². The molecule has 0 spiro atoms. The van der Waals surface area contributed by atoms with Crippen LogP contribution in [0, 0.1) is 5.82 Å². The summed E-state index contributed by atoms with van der Waals surface area (Å²) in [6.07, 6.45) is 1.60. The number of anilines is 1. The third-order valence-electron chi connectivity index (χ3n) is 2.42. The molecular weight excluding hydrogens is 193 g/mol. The molecule has 1 aromatic carbocycles. The van der Waals surface area contributed by atoms with Crippen molar-refractivity contribution in [2.75, 3.05) is 5.73 Å². The number of nitrogen functional groups attached to an aromatic ring is 1. The molecule has 1 atom stereocenters. The summed E-state index contributed by atoms with van der Waals surface area (Å²) in [5.41, 5.74) is 6.30. The van der Waals surface area contributed by atoms with Crippen LogP contribution in [0.3, 0.4) is 0 Å². The summed E-state index contributed by atoms with van der Waals surface area (Å²) in [7, 11) is 0. The number of aromatic nitrogens is 2. The highest BCUT2D eigenvalue weighted by atomic mass is 19.1. The van der Waals surface area contributed by atoms with Crippen LogP contribution >= 0.6 is 0 Å². The third kappa shape index (κ3) is 1.70. The number of halogens is 1. The number of benzene rings is 1. The fourth-order valence-corrected chi connectivity index (χ4v) is 1.59. The molecule has 2 rings (SSSR count). The summed E-state index contributed by atoms with van der Waals surface area (Å²) in [4.78, 5) is 0. The van der Waals surface area contributed by atoms with Gasteiger partial charge in [0.2, 0.25) is 0 Å². The Morgan fingerprint density at radius 1 is 1.33 bits per heavy atom. The average molecular weight is 205 g/mol. The predicted octanol–water partition coefficient (Wildman–Crippen LogP) is 2.21. The summed E-state index contributed by atoms with van der Waals surface area (Å²) in [6, 6.07) is 8.14. The molecule has 0 aliphatic carbocycles. The zero-order valence-corrected chi connectivity index (χ0v) is 8.39. The van der Waals surface area contributed by atoms with Crippen LogP contribution in [-0.2, 0) is 0 Å². The molecule has 1 heterocycles. The fourth-order valence-electron chi connectivity index (χ4n) is 1.59. The number of nitrogens with two attached hydrogens (primary N) is 1. The normalized spacial score (nSPS) is 12.7. The lowest BCUT2D eigenvalue weighted by Gasteiger charge is -2.14. The number of rotatable bonds is 2. The Bertz CT molecular complexity index is 464. The molecule has 4 heteroatoms. The molecule has 1 aromatic heterocycles. The molecule has 0 aliphatic rings. The molecule has 0 fully saturated rings. The van der Waals surface area contributed by atoms with E-state index in [4.69, 9.17) is 5.73 Å². The van der Waals surface area contributed by atoms with E-state index < -0.39 is 0 Å². The molecule has 2 N–H and O–H groups in total. The number of hydrogen-bond donors (Lipinski definition) is 1. The molecule has 0 saturated carbocycles. The third-order valence-corrected chi connectivity index (χ3v) is 2.42. The monoisotopic (exact) mass is 205 g/mol. The van der Waals surface area contributed by atoms with E-state index in [1.54, 1.807) is 35.1 Å². The largest absolute Gasteiger partial charge is 0.384 e. The first-order chi connectivity index (χ1) is 7.20. The lowest BCUT2D eigenvalue weighted by Crippen LogP contribution is -2.12. The number of nitrogens with zero attached hydrogens (tertiary/aromatic N) is 2. The highest BCUT2D eigenvalue weighted by Gasteiger charge is 2.13.